The number of hydrogen-bond acceptors (Lipinski definition) is 4. The summed E-state index contributed by atoms with van der Waals surface area (Å²) in [7, 11) is 0. The summed E-state index contributed by atoms with van der Waals surface area (Å²) in [5.41, 5.74) is 0. The van der Waals surface area contributed by atoms with Crippen LogP contribution in [0.25, 0.3) is 0 Å². The van der Waals surface area contributed by atoms with E-state index in [2.05, 4.69) is 18.7 Å². The van der Waals surface area contributed by atoms with E-state index in [1.165, 1.54) is 0 Å². The van der Waals surface area contributed by atoms with Crippen molar-refractivity contribution in [1.29, 1.82) is 0 Å². The van der Waals surface area contributed by atoms with Crippen LogP contribution in [0, 0.1) is 5.92 Å². The van der Waals surface area contributed by atoms with Crippen molar-refractivity contribution in [3.05, 3.63) is 30.3 Å². The van der Waals surface area contributed by atoms with Crippen LogP contribution in [0.15, 0.2) is 30.3 Å². The number of para-hydroxylation sites is 1. The minimum Gasteiger partial charge on any atom is -0.484 e. The zero-order valence-corrected chi connectivity index (χ0v) is 15.4. The van der Waals surface area contributed by atoms with Crippen LogP contribution in [0.2, 0.25) is 0 Å². The SMILES string of the molecule is CC(C)CN(C1CCOCC1)C1CN(C(=O)COc2ccccc2)C1. The monoisotopic (exact) mass is 346 g/mol. The summed E-state index contributed by atoms with van der Waals surface area (Å²) in [6.45, 7) is 9.11. The maximum Gasteiger partial charge on any atom is 0.260 e. The van der Waals surface area contributed by atoms with Crippen LogP contribution in [-0.4, -0.2) is 67.2 Å². The highest BCUT2D eigenvalue weighted by Gasteiger charge is 2.38. The molecule has 2 heterocycles. The van der Waals surface area contributed by atoms with Crippen molar-refractivity contribution in [2.45, 2.75) is 38.8 Å². The summed E-state index contributed by atoms with van der Waals surface area (Å²) in [5.74, 6) is 1.46. The van der Waals surface area contributed by atoms with Gasteiger partial charge >= 0.3 is 0 Å². The molecule has 2 aliphatic heterocycles. The van der Waals surface area contributed by atoms with Gasteiger partial charge in [-0.25, -0.2) is 0 Å². The molecule has 2 fully saturated rings. The third-order valence-corrected chi connectivity index (χ3v) is 5.03. The van der Waals surface area contributed by atoms with Crippen molar-refractivity contribution in [1.82, 2.24) is 9.80 Å². The molecule has 5 nitrogen and oxygen atoms in total. The lowest BCUT2D eigenvalue weighted by molar-refractivity contribution is -0.142. The molecule has 2 aliphatic rings. The van der Waals surface area contributed by atoms with Gasteiger partial charge in [0.25, 0.3) is 5.91 Å². The first-order valence-corrected chi connectivity index (χ1v) is 9.42. The van der Waals surface area contributed by atoms with E-state index in [0.29, 0.717) is 18.0 Å². The Balaban J connectivity index is 1.47. The first-order chi connectivity index (χ1) is 12.1. The van der Waals surface area contributed by atoms with Crippen LogP contribution in [0.1, 0.15) is 26.7 Å². The lowest BCUT2D eigenvalue weighted by Gasteiger charge is -2.49. The Morgan fingerprint density at radius 3 is 2.52 bits per heavy atom. The lowest BCUT2D eigenvalue weighted by Crippen LogP contribution is -2.64. The maximum absolute atomic E-state index is 12.3. The number of likely N-dealkylation sites (tertiary alicyclic amines) is 1. The highest BCUT2D eigenvalue weighted by molar-refractivity contribution is 5.78. The molecule has 1 aromatic carbocycles. The van der Waals surface area contributed by atoms with Crippen LogP contribution in [0.4, 0.5) is 0 Å². The Morgan fingerprint density at radius 1 is 1.20 bits per heavy atom. The second-order valence-electron chi connectivity index (χ2n) is 7.49. The number of rotatable bonds is 7. The Bertz CT molecular complexity index is 537. The molecule has 0 saturated carbocycles. The maximum atomic E-state index is 12.3. The normalized spacial score (nSPS) is 19.3. The molecule has 3 rings (SSSR count). The van der Waals surface area contributed by atoms with Crippen molar-refractivity contribution < 1.29 is 14.3 Å². The van der Waals surface area contributed by atoms with E-state index in [1.54, 1.807) is 0 Å². The molecule has 0 aromatic heterocycles. The fourth-order valence-corrected chi connectivity index (χ4v) is 3.66. The highest BCUT2D eigenvalue weighted by Crippen LogP contribution is 2.24. The van der Waals surface area contributed by atoms with E-state index in [0.717, 1.165) is 51.4 Å². The van der Waals surface area contributed by atoms with Crippen molar-refractivity contribution in [2.75, 3.05) is 39.5 Å². The van der Waals surface area contributed by atoms with Crippen LogP contribution in [0.3, 0.4) is 0 Å². The number of amides is 1. The van der Waals surface area contributed by atoms with E-state index in [4.69, 9.17) is 9.47 Å². The average Bonchev–Trinajstić information content (AvgIpc) is 2.59. The van der Waals surface area contributed by atoms with Gasteiger partial charge in [0.1, 0.15) is 5.75 Å². The fourth-order valence-electron chi connectivity index (χ4n) is 3.66. The van der Waals surface area contributed by atoms with E-state index in [-0.39, 0.29) is 12.5 Å². The Labute approximate surface area is 150 Å². The van der Waals surface area contributed by atoms with Crippen LogP contribution in [0.5, 0.6) is 5.75 Å². The smallest absolute Gasteiger partial charge is 0.260 e. The summed E-state index contributed by atoms with van der Waals surface area (Å²) in [5, 5.41) is 0. The van der Waals surface area contributed by atoms with Gasteiger partial charge < -0.3 is 14.4 Å². The summed E-state index contributed by atoms with van der Waals surface area (Å²) in [6.07, 6.45) is 2.21. The van der Waals surface area contributed by atoms with Gasteiger partial charge in [-0.2, -0.15) is 0 Å². The molecule has 1 amide bonds. The van der Waals surface area contributed by atoms with Gasteiger partial charge in [0, 0.05) is 44.9 Å². The van der Waals surface area contributed by atoms with E-state index in [1.807, 2.05) is 35.2 Å². The fraction of sp³-hybridized carbons (Fsp3) is 0.650. The van der Waals surface area contributed by atoms with Crippen molar-refractivity contribution in [2.24, 2.45) is 5.92 Å². The van der Waals surface area contributed by atoms with Crippen molar-refractivity contribution in [3.63, 3.8) is 0 Å². The average molecular weight is 346 g/mol. The Morgan fingerprint density at radius 2 is 1.88 bits per heavy atom. The summed E-state index contributed by atoms with van der Waals surface area (Å²) >= 11 is 0. The lowest BCUT2D eigenvalue weighted by atomic mass is 9.98. The molecular formula is C20H30N2O3. The number of carbonyl (C=O) groups is 1. The summed E-state index contributed by atoms with van der Waals surface area (Å²) in [6, 6.07) is 10.6. The Kier molecular flexibility index (Phi) is 6.32. The number of benzene rings is 1. The molecule has 0 aliphatic carbocycles. The minimum atomic E-state index is 0.0802. The number of carbonyl (C=O) groups excluding carboxylic acids is 1. The molecule has 0 atom stereocenters. The van der Waals surface area contributed by atoms with Gasteiger partial charge in [-0.15, -0.1) is 0 Å². The van der Waals surface area contributed by atoms with Gasteiger partial charge in [-0.3, -0.25) is 9.69 Å². The number of nitrogens with zero attached hydrogens (tertiary/aromatic N) is 2. The third kappa shape index (κ3) is 4.95. The van der Waals surface area contributed by atoms with Gasteiger partial charge in [0.15, 0.2) is 6.61 Å². The van der Waals surface area contributed by atoms with Gasteiger partial charge in [0.2, 0.25) is 0 Å². The molecule has 0 radical (unpaired) electrons. The summed E-state index contributed by atoms with van der Waals surface area (Å²) < 4.78 is 11.1. The van der Waals surface area contributed by atoms with Crippen LogP contribution in [-0.2, 0) is 9.53 Å². The zero-order valence-electron chi connectivity index (χ0n) is 15.4. The topological polar surface area (TPSA) is 42.0 Å². The second kappa shape index (κ2) is 8.68. The zero-order chi connectivity index (χ0) is 17.6. The molecular weight excluding hydrogens is 316 g/mol. The van der Waals surface area contributed by atoms with Gasteiger partial charge in [-0.05, 0) is 30.9 Å². The predicted octanol–water partition coefficient (Wildman–Crippen LogP) is 2.41. The van der Waals surface area contributed by atoms with E-state index in [9.17, 15) is 4.79 Å². The molecule has 0 unspecified atom stereocenters. The number of ether oxygens (including phenoxy) is 2. The van der Waals surface area contributed by atoms with Gasteiger partial charge in [-0.1, -0.05) is 32.0 Å². The first kappa shape index (κ1) is 18.2. The van der Waals surface area contributed by atoms with Crippen LogP contribution >= 0.6 is 0 Å². The van der Waals surface area contributed by atoms with Gasteiger partial charge in [0.05, 0.1) is 0 Å². The van der Waals surface area contributed by atoms with Crippen molar-refractivity contribution in [3.8, 4) is 5.75 Å². The molecule has 138 valence electrons. The van der Waals surface area contributed by atoms with Crippen LogP contribution < -0.4 is 4.74 Å². The molecule has 0 bridgehead atoms. The Hall–Kier alpha value is -1.59. The largest absolute Gasteiger partial charge is 0.484 e. The highest BCUT2D eigenvalue weighted by atomic mass is 16.5. The second-order valence-corrected chi connectivity index (χ2v) is 7.49. The molecule has 5 heteroatoms. The van der Waals surface area contributed by atoms with Crippen molar-refractivity contribution >= 4 is 5.91 Å². The molecule has 2 saturated heterocycles. The predicted molar refractivity (Wildman–Crippen MR) is 97.7 cm³/mol. The standard InChI is InChI=1S/C20H30N2O3/c1-16(2)12-22(17-8-10-24-11-9-17)18-13-21(14-18)20(23)15-25-19-6-4-3-5-7-19/h3-7,16-18H,8-15H2,1-2H3. The van der Waals surface area contributed by atoms with E-state index < -0.39 is 0 Å². The third-order valence-electron chi connectivity index (χ3n) is 5.03. The molecule has 1 aromatic rings. The molecule has 0 N–H and O–H groups in total. The van der Waals surface area contributed by atoms with E-state index >= 15 is 0 Å². The number of hydrogen-bond donors (Lipinski definition) is 0. The molecule has 25 heavy (non-hydrogen) atoms. The first-order valence-electron chi connectivity index (χ1n) is 9.42. The summed E-state index contributed by atoms with van der Waals surface area (Å²) in [4.78, 5) is 16.9. The molecule has 0 spiro atoms. The minimum absolute atomic E-state index is 0.0802. The quantitative estimate of drug-likeness (QED) is 0.760.